The number of anilines is 1. The predicted octanol–water partition coefficient (Wildman–Crippen LogP) is 4.66. The van der Waals surface area contributed by atoms with Gasteiger partial charge in [0.1, 0.15) is 23.6 Å². The summed E-state index contributed by atoms with van der Waals surface area (Å²) in [5.41, 5.74) is 0.947. The summed E-state index contributed by atoms with van der Waals surface area (Å²) in [6.07, 6.45) is 12.8. The lowest BCUT2D eigenvalue weighted by molar-refractivity contribution is 0.0931. The van der Waals surface area contributed by atoms with Crippen molar-refractivity contribution in [1.82, 2.24) is 30.0 Å². The van der Waals surface area contributed by atoms with Gasteiger partial charge in [0.25, 0.3) is 5.91 Å². The van der Waals surface area contributed by atoms with Gasteiger partial charge in [0.2, 0.25) is 0 Å². The zero-order valence-corrected chi connectivity index (χ0v) is 21.2. The molecule has 1 amide bonds. The lowest BCUT2D eigenvalue weighted by atomic mass is 9.88. The van der Waals surface area contributed by atoms with Crippen molar-refractivity contribution in [2.45, 2.75) is 44.2 Å². The number of aromatic nitrogens is 5. The molecule has 1 unspecified atom stereocenters. The number of benzene rings is 1. The molecule has 6 rings (SSSR count). The zero-order valence-electron chi connectivity index (χ0n) is 21.2. The Kier molecular flexibility index (Phi) is 6.10. The van der Waals surface area contributed by atoms with Crippen LogP contribution in [0.15, 0.2) is 55.4 Å². The number of hydrogen-bond acceptors (Lipinski definition) is 6. The van der Waals surface area contributed by atoms with Crippen LogP contribution in [0.2, 0.25) is 0 Å². The number of hydrogen-bond donors (Lipinski definition) is 2. The Morgan fingerprint density at radius 3 is 2.95 bits per heavy atom. The molecular formula is C28H26F2N8O. The normalized spacial score (nSPS) is 19.7. The molecule has 198 valence electrons. The Bertz CT molecular complexity index is 1630. The smallest absolute Gasteiger partial charge is 0.254 e. The molecule has 1 aliphatic heterocycles. The van der Waals surface area contributed by atoms with Crippen LogP contribution in [0, 0.1) is 28.9 Å². The van der Waals surface area contributed by atoms with E-state index in [4.69, 9.17) is 0 Å². The Morgan fingerprint density at radius 2 is 2.15 bits per heavy atom. The molecule has 0 bridgehead atoms. The molecule has 1 saturated carbocycles. The Labute approximate surface area is 223 Å². The summed E-state index contributed by atoms with van der Waals surface area (Å²) >= 11 is 0. The molecule has 1 aliphatic carbocycles. The maximum absolute atomic E-state index is 15.3. The molecule has 11 heteroatoms. The fourth-order valence-corrected chi connectivity index (χ4v) is 5.26. The highest BCUT2D eigenvalue weighted by Gasteiger charge is 2.38. The van der Waals surface area contributed by atoms with Crippen LogP contribution in [0.1, 0.15) is 43.0 Å². The summed E-state index contributed by atoms with van der Waals surface area (Å²) in [5, 5.41) is 17.9. The van der Waals surface area contributed by atoms with Crippen molar-refractivity contribution in [3.63, 3.8) is 0 Å². The molecule has 1 fully saturated rings. The number of carbonyl (C=O) groups excluding carboxylic acids is 1. The van der Waals surface area contributed by atoms with Crippen LogP contribution in [0.4, 0.5) is 14.5 Å². The van der Waals surface area contributed by atoms with Gasteiger partial charge in [-0.1, -0.05) is 6.08 Å². The van der Waals surface area contributed by atoms with Gasteiger partial charge in [-0.2, -0.15) is 10.4 Å². The van der Waals surface area contributed by atoms with E-state index in [1.165, 1.54) is 6.33 Å². The minimum Gasteiger partial charge on any atom is -0.349 e. The molecular weight excluding hydrogens is 502 g/mol. The van der Waals surface area contributed by atoms with E-state index < -0.39 is 23.1 Å². The van der Waals surface area contributed by atoms with E-state index in [-0.39, 0.29) is 30.3 Å². The first-order valence-electron chi connectivity index (χ1n) is 12.8. The van der Waals surface area contributed by atoms with Gasteiger partial charge in [-0.25, -0.2) is 18.7 Å². The van der Waals surface area contributed by atoms with Gasteiger partial charge < -0.3 is 15.2 Å². The summed E-state index contributed by atoms with van der Waals surface area (Å²) in [6, 6.07) is 6.00. The van der Waals surface area contributed by atoms with Crippen molar-refractivity contribution < 1.29 is 13.6 Å². The zero-order chi connectivity index (χ0) is 27.1. The highest BCUT2D eigenvalue weighted by atomic mass is 19.1. The van der Waals surface area contributed by atoms with Crippen molar-refractivity contribution in [1.29, 1.82) is 5.26 Å². The van der Waals surface area contributed by atoms with E-state index in [2.05, 4.69) is 31.4 Å². The monoisotopic (exact) mass is 528 g/mol. The molecule has 3 aromatic heterocycles. The Morgan fingerprint density at radius 1 is 1.31 bits per heavy atom. The number of carbonyl (C=O) groups is 1. The number of aromatic amines is 1. The molecule has 9 nitrogen and oxygen atoms in total. The maximum Gasteiger partial charge on any atom is 0.254 e. The van der Waals surface area contributed by atoms with Gasteiger partial charge in [-0.15, -0.1) is 0 Å². The topological polar surface area (TPSA) is 116 Å². The molecule has 4 heterocycles. The first kappa shape index (κ1) is 24.7. The fraction of sp³-hybridized carbons (Fsp3) is 0.321. The van der Waals surface area contributed by atoms with E-state index in [0.29, 0.717) is 23.7 Å². The van der Waals surface area contributed by atoms with E-state index in [0.717, 1.165) is 35.9 Å². The highest BCUT2D eigenvalue weighted by Crippen LogP contribution is 2.36. The number of nitriles is 1. The first-order chi connectivity index (χ1) is 18.9. The van der Waals surface area contributed by atoms with Crippen molar-refractivity contribution in [3.05, 3.63) is 72.6 Å². The average Bonchev–Trinajstić information content (AvgIpc) is 3.46. The number of halogens is 2. The maximum atomic E-state index is 15.3. The second-order valence-corrected chi connectivity index (χ2v) is 10.3. The minimum atomic E-state index is -0.843. The number of nitrogens with one attached hydrogen (secondary N) is 2. The summed E-state index contributed by atoms with van der Waals surface area (Å²) in [5.74, 6) is -1.78. The first-order valence-corrected chi connectivity index (χ1v) is 12.8. The van der Waals surface area contributed by atoms with Gasteiger partial charge in [0, 0.05) is 48.2 Å². The molecule has 39 heavy (non-hydrogen) atoms. The van der Waals surface area contributed by atoms with E-state index in [1.807, 2.05) is 25.3 Å². The van der Waals surface area contributed by atoms with Crippen molar-refractivity contribution in [3.8, 4) is 17.3 Å². The lowest BCUT2D eigenvalue weighted by Gasteiger charge is -2.39. The van der Waals surface area contributed by atoms with E-state index >= 15 is 8.78 Å². The predicted molar refractivity (Wildman–Crippen MR) is 140 cm³/mol. The summed E-state index contributed by atoms with van der Waals surface area (Å²) in [4.78, 5) is 25.9. The van der Waals surface area contributed by atoms with Crippen LogP contribution >= 0.6 is 0 Å². The highest BCUT2D eigenvalue weighted by molar-refractivity contribution is 5.95. The largest absolute Gasteiger partial charge is 0.349 e. The van der Waals surface area contributed by atoms with Crippen LogP contribution in [0.5, 0.6) is 0 Å². The van der Waals surface area contributed by atoms with Gasteiger partial charge in [0.15, 0.2) is 0 Å². The second kappa shape index (κ2) is 9.62. The van der Waals surface area contributed by atoms with Gasteiger partial charge >= 0.3 is 0 Å². The van der Waals surface area contributed by atoms with E-state index in [1.54, 1.807) is 28.2 Å². The Hall–Kier alpha value is -4.59. The third-order valence-electron chi connectivity index (χ3n) is 7.63. The summed E-state index contributed by atoms with van der Waals surface area (Å²) < 4.78 is 32.1. The second-order valence-electron chi connectivity index (χ2n) is 10.3. The number of fused-ring (bicyclic) bond motifs is 1. The number of H-pyrrole nitrogens is 1. The number of nitrogens with zero attached hydrogens (tertiary/aromatic N) is 6. The van der Waals surface area contributed by atoms with Gasteiger partial charge in [-0.05, 0) is 44.2 Å². The van der Waals surface area contributed by atoms with Crippen molar-refractivity contribution >= 4 is 22.6 Å². The quantitative estimate of drug-likeness (QED) is 0.361. The molecule has 0 radical (unpaired) electrons. The van der Waals surface area contributed by atoms with Gasteiger partial charge in [0.05, 0.1) is 41.2 Å². The molecule has 4 aromatic rings. The Balaban J connectivity index is 1.29. The SMILES string of the molecule is C[C@@H](NC(=O)c1cc(F)c(N2C=CCC(CC#N)(n3cc(-c4ncnc5[nH]ccc45)cn3)C2)cc1F)C1CC1. The standard InChI is InChI=1S/C28H26F2N8O/c1-17(18-3-4-18)36-27(39)21-11-23(30)24(12-22(21)29)37-10-2-6-28(15-37,7-8-31)38-14-19(13-35-38)25-20-5-9-32-26(20)34-16-33-25/h2,5,9-14,16-18H,3-4,6-7,15H2,1H3,(H,36,39)(H,32,33,34)/t17-,28?/m1/s1. The van der Waals surface area contributed by atoms with Crippen LogP contribution in [0.3, 0.4) is 0 Å². The molecule has 2 atom stereocenters. The van der Waals surface area contributed by atoms with E-state index in [9.17, 15) is 10.1 Å². The lowest BCUT2D eigenvalue weighted by Crippen LogP contribution is -2.46. The fourth-order valence-electron chi connectivity index (χ4n) is 5.26. The van der Waals surface area contributed by atoms with Crippen LogP contribution in [-0.2, 0) is 5.54 Å². The van der Waals surface area contributed by atoms with Crippen LogP contribution in [-0.4, -0.2) is 43.2 Å². The van der Waals surface area contributed by atoms with Crippen molar-refractivity contribution in [2.75, 3.05) is 11.4 Å². The molecule has 0 saturated heterocycles. The molecule has 2 N–H and O–H groups in total. The average molecular weight is 529 g/mol. The molecule has 0 spiro atoms. The number of rotatable bonds is 7. The van der Waals surface area contributed by atoms with Crippen LogP contribution in [0.25, 0.3) is 22.3 Å². The van der Waals surface area contributed by atoms with Crippen LogP contribution < -0.4 is 10.2 Å². The summed E-state index contributed by atoms with van der Waals surface area (Å²) in [6.45, 7) is 2.04. The molecule has 1 aromatic carbocycles. The third kappa shape index (κ3) is 4.52. The molecule has 2 aliphatic rings. The number of allylic oxidation sites excluding steroid dienone is 1. The minimum absolute atomic E-state index is 0.0187. The number of amides is 1. The summed E-state index contributed by atoms with van der Waals surface area (Å²) in [7, 11) is 0. The van der Waals surface area contributed by atoms with Crippen molar-refractivity contribution in [2.24, 2.45) is 5.92 Å². The van der Waals surface area contributed by atoms with Gasteiger partial charge in [-0.3, -0.25) is 9.48 Å². The third-order valence-corrected chi connectivity index (χ3v) is 7.63.